The summed E-state index contributed by atoms with van der Waals surface area (Å²) in [4.78, 5) is 13.0. The molecule has 0 radical (unpaired) electrons. The maximum Gasteiger partial charge on any atom is 0.242 e. The van der Waals surface area contributed by atoms with Crippen LogP contribution in [0.3, 0.4) is 0 Å². The molecule has 0 saturated heterocycles. The number of nitrogen functional groups attached to an aromatic ring is 1. The van der Waals surface area contributed by atoms with Crippen molar-refractivity contribution in [1.29, 1.82) is 0 Å². The second-order valence-corrected chi connectivity index (χ2v) is 5.87. The second kappa shape index (κ2) is 6.99. The minimum Gasteiger partial charge on any atom is -0.367 e. The Morgan fingerprint density at radius 1 is 1.35 bits per heavy atom. The summed E-state index contributed by atoms with van der Waals surface area (Å²) in [5.41, 5.74) is 10.1. The van der Waals surface area contributed by atoms with Gasteiger partial charge < -0.3 is 5.73 Å². The quantitative estimate of drug-likeness (QED) is 0.701. The van der Waals surface area contributed by atoms with Gasteiger partial charge in [-0.15, -0.1) is 5.10 Å². The fourth-order valence-corrected chi connectivity index (χ4v) is 2.55. The van der Waals surface area contributed by atoms with Gasteiger partial charge in [0.2, 0.25) is 12.4 Å². The molecule has 0 amide bonds. The third-order valence-corrected chi connectivity index (χ3v) is 3.97. The predicted molar refractivity (Wildman–Crippen MR) is 97.9 cm³/mol. The van der Waals surface area contributed by atoms with E-state index < -0.39 is 6.43 Å². The molecule has 8 heteroatoms. The molecule has 134 valence electrons. The monoisotopic (exact) mass is 356 g/mol. The van der Waals surface area contributed by atoms with Crippen molar-refractivity contribution in [3.63, 3.8) is 0 Å². The number of aryl methyl sites for hydroxylation is 1. The topological polar surface area (TPSA) is 81.5 Å². The van der Waals surface area contributed by atoms with Gasteiger partial charge in [0.1, 0.15) is 0 Å². The molecule has 3 rings (SSSR count). The Hall–Kier alpha value is -3.16. The summed E-state index contributed by atoms with van der Waals surface area (Å²) in [6, 6.07) is 5.50. The summed E-state index contributed by atoms with van der Waals surface area (Å²) in [6.07, 6.45) is 0.595. The largest absolute Gasteiger partial charge is 0.367 e. The highest BCUT2D eigenvalue weighted by Crippen LogP contribution is 2.27. The molecule has 0 aliphatic carbocycles. The van der Waals surface area contributed by atoms with E-state index in [1.807, 2.05) is 19.1 Å². The van der Waals surface area contributed by atoms with Gasteiger partial charge in [0, 0.05) is 23.9 Å². The minimum absolute atomic E-state index is 0.188. The van der Waals surface area contributed by atoms with Crippen LogP contribution in [0, 0.1) is 6.92 Å². The number of nitrogens with zero attached hydrogens (tertiary/aromatic N) is 5. The van der Waals surface area contributed by atoms with Crippen LogP contribution in [0.1, 0.15) is 19.0 Å². The van der Waals surface area contributed by atoms with Crippen LogP contribution in [0.2, 0.25) is 0 Å². The lowest BCUT2D eigenvalue weighted by molar-refractivity contribution is 0.150. The van der Waals surface area contributed by atoms with Gasteiger partial charge in [-0.1, -0.05) is 6.58 Å². The smallest absolute Gasteiger partial charge is 0.242 e. The average Bonchev–Trinajstić information content (AvgIpc) is 2.98. The van der Waals surface area contributed by atoms with Crippen molar-refractivity contribution in [2.24, 2.45) is 4.99 Å². The zero-order valence-corrected chi connectivity index (χ0v) is 14.4. The molecule has 0 spiro atoms. The van der Waals surface area contributed by atoms with E-state index in [0.717, 1.165) is 16.8 Å². The lowest BCUT2D eigenvalue weighted by Gasteiger charge is -2.07. The van der Waals surface area contributed by atoms with Crippen molar-refractivity contribution in [2.75, 3.05) is 5.73 Å². The van der Waals surface area contributed by atoms with Gasteiger partial charge in [-0.05, 0) is 37.6 Å². The van der Waals surface area contributed by atoms with Crippen LogP contribution < -0.4 is 5.73 Å². The highest BCUT2D eigenvalue weighted by Gasteiger charge is 2.11. The fourth-order valence-electron chi connectivity index (χ4n) is 2.55. The Morgan fingerprint density at radius 3 is 2.81 bits per heavy atom. The molecule has 3 heterocycles. The van der Waals surface area contributed by atoms with Gasteiger partial charge in [0.05, 0.1) is 28.8 Å². The lowest BCUT2D eigenvalue weighted by Crippen LogP contribution is -2.02. The molecule has 0 saturated carbocycles. The van der Waals surface area contributed by atoms with Crippen LogP contribution in [0.4, 0.5) is 20.4 Å². The van der Waals surface area contributed by atoms with E-state index in [2.05, 4.69) is 26.6 Å². The van der Waals surface area contributed by atoms with E-state index in [4.69, 9.17) is 5.73 Å². The number of nitrogens with two attached hydrogens (primary N) is 1. The van der Waals surface area contributed by atoms with Gasteiger partial charge in [-0.3, -0.25) is 9.98 Å². The first-order valence-corrected chi connectivity index (χ1v) is 7.94. The summed E-state index contributed by atoms with van der Waals surface area (Å²) in [6.45, 7) is 7.15. The molecule has 0 fully saturated rings. The predicted octanol–water partition coefficient (Wildman–Crippen LogP) is 3.99. The number of alkyl halides is 2. The number of hydrogen-bond acceptors (Lipinski definition) is 5. The Morgan fingerprint density at radius 2 is 2.12 bits per heavy atom. The second-order valence-electron chi connectivity index (χ2n) is 5.87. The number of aliphatic imine (C=N–C) groups is 1. The third-order valence-electron chi connectivity index (χ3n) is 3.97. The highest BCUT2D eigenvalue weighted by atomic mass is 19.3. The lowest BCUT2D eigenvalue weighted by atomic mass is 10.1. The van der Waals surface area contributed by atoms with Crippen molar-refractivity contribution in [2.45, 2.75) is 26.7 Å². The number of aromatic nitrogens is 4. The number of halogens is 2. The highest BCUT2D eigenvalue weighted by molar-refractivity contribution is 5.99. The van der Waals surface area contributed by atoms with Gasteiger partial charge in [-0.25, -0.2) is 18.3 Å². The molecule has 2 N–H and O–H groups in total. The molecule has 0 aliphatic rings. The van der Waals surface area contributed by atoms with E-state index in [0.29, 0.717) is 22.7 Å². The summed E-state index contributed by atoms with van der Waals surface area (Å²) in [7, 11) is 0. The van der Waals surface area contributed by atoms with E-state index in [9.17, 15) is 8.78 Å². The van der Waals surface area contributed by atoms with Crippen LogP contribution in [0.15, 0.2) is 47.7 Å². The van der Waals surface area contributed by atoms with E-state index in [1.165, 1.54) is 0 Å². The van der Waals surface area contributed by atoms with Crippen molar-refractivity contribution >= 4 is 22.9 Å². The summed E-state index contributed by atoms with van der Waals surface area (Å²) in [5, 5.41) is 4.11. The van der Waals surface area contributed by atoms with Gasteiger partial charge in [-0.2, -0.15) is 0 Å². The maximum absolute atomic E-state index is 12.5. The first-order chi connectivity index (χ1) is 12.3. The van der Waals surface area contributed by atoms with E-state index >= 15 is 0 Å². The van der Waals surface area contributed by atoms with Gasteiger partial charge in [0.25, 0.3) is 0 Å². The Kier molecular flexibility index (Phi) is 4.75. The van der Waals surface area contributed by atoms with E-state index in [-0.39, 0.29) is 12.4 Å². The zero-order valence-electron chi connectivity index (χ0n) is 14.4. The number of pyridine rings is 1. The SMILES string of the molecule is C=C(CC(F)F)C(C)=Nc1ccc(-c2ccn3nc(N)ncc23)nc1C. The average molecular weight is 356 g/mol. The molecule has 0 bridgehead atoms. The molecule has 0 aromatic carbocycles. The molecular formula is C18H18F2N6. The van der Waals surface area contributed by atoms with Crippen LogP contribution in [-0.2, 0) is 0 Å². The Labute approximate surface area is 149 Å². The Balaban J connectivity index is 1.93. The summed E-state index contributed by atoms with van der Waals surface area (Å²) >= 11 is 0. The van der Waals surface area contributed by atoms with Gasteiger partial charge >= 0.3 is 0 Å². The summed E-state index contributed by atoms with van der Waals surface area (Å²) in [5.74, 6) is 0.188. The zero-order chi connectivity index (χ0) is 18.8. The number of anilines is 1. The number of fused-ring (bicyclic) bond motifs is 1. The number of hydrogen-bond donors (Lipinski definition) is 1. The van der Waals surface area contributed by atoms with Crippen LogP contribution >= 0.6 is 0 Å². The molecule has 0 unspecified atom stereocenters. The third kappa shape index (κ3) is 3.58. The first-order valence-electron chi connectivity index (χ1n) is 7.94. The maximum atomic E-state index is 12.5. The van der Waals surface area contributed by atoms with Crippen LogP contribution in [-0.4, -0.2) is 31.7 Å². The molecule has 3 aromatic heterocycles. The first kappa shape index (κ1) is 17.7. The molecule has 26 heavy (non-hydrogen) atoms. The van der Waals surface area contributed by atoms with Crippen molar-refractivity contribution < 1.29 is 8.78 Å². The van der Waals surface area contributed by atoms with E-state index in [1.54, 1.807) is 29.9 Å². The van der Waals surface area contributed by atoms with Crippen molar-refractivity contribution in [3.05, 3.63) is 48.4 Å². The molecule has 0 aliphatic heterocycles. The van der Waals surface area contributed by atoms with Crippen molar-refractivity contribution in [3.8, 4) is 11.3 Å². The number of rotatable bonds is 5. The molecular weight excluding hydrogens is 338 g/mol. The minimum atomic E-state index is -2.44. The molecule has 3 aromatic rings. The molecule has 0 atom stereocenters. The van der Waals surface area contributed by atoms with Crippen LogP contribution in [0.25, 0.3) is 16.8 Å². The van der Waals surface area contributed by atoms with Crippen molar-refractivity contribution in [1.82, 2.24) is 19.6 Å². The van der Waals surface area contributed by atoms with Crippen LogP contribution in [0.5, 0.6) is 0 Å². The standard InChI is InChI=1S/C18H18F2N6/c1-10(8-17(19)20)11(2)23-14-4-5-15(24-12(14)3)13-6-7-26-16(13)9-22-18(21)25-26/h4-7,9,17H,1,8H2,2-3H3,(H2,21,25). The molecule has 6 nitrogen and oxygen atoms in total. The van der Waals surface area contributed by atoms with Gasteiger partial charge in [0.15, 0.2) is 0 Å². The Bertz CT molecular complexity index is 1010. The fraction of sp³-hybridized carbons (Fsp3) is 0.222. The number of allylic oxidation sites excluding steroid dienone is 1. The summed E-state index contributed by atoms with van der Waals surface area (Å²) < 4.78 is 26.6. The normalized spacial score (nSPS) is 12.1.